The summed E-state index contributed by atoms with van der Waals surface area (Å²) in [5.41, 5.74) is 19.2. The van der Waals surface area contributed by atoms with Gasteiger partial charge in [0.05, 0.1) is 0 Å². The van der Waals surface area contributed by atoms with Crippen LogP contribution in [0, 0.1) is 0 Å². The predicted molar refractivity (Wildman–Crippen MR) is 348 cm³/mol. The van der Waals surface area contributed by atoms with Crippen molar-refractivity contribution >= 4 is 79.2 Å². The zero-order chi connectivity index (χ0) is 53.3. The van der Waals surface area contributed by atoms with Crippen molar-refractivity contribution in [2.24, 2.45) is 0 Å². The van der Waals surface area contributed by atoms with Crippen molar-refractivity contribution in [1.82, 2.24) is 0 Å². The van der Waals surface area contributed by atoms with Crippen molar-refractivity contribution < 1.29 is 0 Å². The van der Waals surface area contributed by atoms with Gasteiger partial charge in [0.25, 0.3) is 0 Å². The molecule has 0 unspecified atom stereocenters. The predicted octanol–water partition coefficient (Wildman–Crippen LogP) is 14.6. The maximum Gasteiger partial charge on any atom is 0.181 e. The monoisotopic (exact) mass is 1060 g/mol. The maximum atomic E-state index is 2.63. The van der Waals surface area contributed by atoms with Gasteiger partial charge in [0, 0.05) is 5.41 Å². The number of hydrogen-bond acceptors (Lipinski definition) is 0. The minimum Gasteiger partial charge on any atom is -0.0623 e. The number of hydrogen-bond donors (Lipinski definition) is 0. The van der Waals surface area contributed by atoms with E-state index in [0.717, 1.165) is 12.8 Å². The third kappa shape index (κ3) is 6.29. The standard InChI is InChI=1S/C79H56Si2/c1-5-26-53(27-6-1)80(54-28-7-2-8-29-54)73-48-17-14-35-60(73)67-44-24-42-65(77(67)80)57-37-21-39-62-70(57)52-71-58(38-22-40-63(71)75(62)69-46-23-41-64-59-34-13-16-47-72(59)79(76(64)69)50-19-20-51-79)66-43-25-45-68-61-36-15-18-49-74(61)81(78(66)68,55-30-9-3-10-31-55)56-32-11-4-12-33-56/h1-18,21-49,52H,19-20,50-51H2. The summed E-state index contributed by atoms with van der Waals surface area (Å²) in [7, 11) is -5.85. The van der Waals surface area contributed by atoms with Gasteiger partial charge in [0.15, 0.2) is 16.1 Å². The molecular weight excluding hydrogens is 1010 g/mol. The molecule has 0 amide bonds. The summed E-state index contributed by atoms with van der Waals surface area (Å²) in [6, 6.07) is 113. The van der Waals surface area contributed by atoms with Gasteiger partial charge >= 0.3 is 0 Å². The zero-order valence-electron chi connectivity index (χ0n) is 45.0. The second-order valence-electron chi connectivity index (χ2n) is 23.1. The normalized spacial score (nSPS) is 15.3. The van der Waals surface area contributed by atoms with Gasteiger partial charge in [0.2, 0.25) is 0 Å². The van der Waals surface area contributed by atoms with Gasteiger partial charge in [-0.05, 0) is 160 Å². The molecule has 0 radical (unpaired) electrons. The van der Waals surface area contributed by atoms with Crippen molar-refractivity contribution in [3.05, 3.63) is 302 Å². The van der Waals surface area contributed by atoms with E-state index in [1.165, 1.54) is 154 Å². The molecule has 1 fully saturated rings. The summed E-state index contributed by atoms with van der Waals surface area (Å²) in [6.45, 7) is 0. The van der Waals surface area contributed by atoms with Crippen molar-refractivity contribution in [2.45, 2.75) is 31.1 Å². The number of benzene rings is 13. The highest BCUT2D eigenvalue weighted by molar-refractivity contribution is 7.23. The molecule has 0 atom stereocenters. The average molecular weight is 1060 g/mol. The lowest BCUT2D eigenvalue weighted by Crippen LogP contribution is -2.73. The molecule has 13 aromatic rings. The largest absolute Gasteiger partial charge is 0.181 e. The summed E-state index contributed by atoms with van der Waals surface area (Å²) >= 11 is 0. The van der Waals surface area contributed by atoms with E-state index in [0.29, 0.717) is 0 Å². The first-order valence-corrected chi connectivity index (χ1v) is 33.1. The van der Waals surface area contributed by atoms with Crippen LogP contribution in [0.3, 0.4) is 0 Å². The van der Waals surface area contributed by atoms with Crippen LogP contribution >= 0.6 is 0 Å². The molecule has 4 aliphatic rings. The molecule has 2 aliphatic carbocycles. The second-order valence-corrected chi connectivity index (χ2v) is 30.5. The van der Waals surface area contributed by atoms with Gasteiger partial charge in [0.1, 0.15) is 0 Å². The van der Waals surface area contributed by atoms with Crippen LogP contribution in [0.5, 0.6) is 0 Å². The Bertz CT molecular complexity index is 4370. The fourth-order valence-corrected chi connectivity index (χ4v) is 27.4. The summed E-state index contributed by atoms with van der Waals surface area (Å²) in [5, 5.41) is 16.7. The molecule has 0 N–H and O–H groups in total. The molecule has 2 heterocycles. The van der Waals surface area contributed by atoms with Crippen molar-refractivity contribution in [2.75, 3.05) is 0 Å². The van der Waals surface area contributed by atoms with Crippen LogP contribution in [-0.4, -0.2) is 16.1 Å². The van der Waals surface area contributed by atoms with Crippen LogP contribution < -0.4 is 41.5 Å². The van der Waals surface area contributed by atoms with Crippen LogP contribution in [0.2, 0.25) is 0 Å². The second kappa shape index (κ2) is 17.9. The first kappa shape index (κ1) is 46.7. The molecule has 17 rings (SSSR count). The summed E-state index contributed by atoms with van der Waals surface area (Å²) in [6.07, 6.45) is 4.80. The third-order valence-corrected chi connectivity index (χ3v) is 29.4. The Morgan fingerprint density at radius 2 is 0.580 bits per heavy atom. The zero-order valence-corrected chi connectivity index (χ0v) is 47.0. The molecule has 1 spiro atoms. The molecule has 0 saturated heterocycles. The van der Waals surface area contributed by atoms with E-state index in [4.69, 9.17) is 0 Å². The van der Waals surface area contributed by atoms with Crippen LogP contribution in [0.25, 0.3) is 88.3 Å². The summed E-state index contributed by atoms with van der Waals surface area (Å²) in [4.78, 5) is 0. The van der Waals surface area contributed by atoms with Gasteiger partial charge in [-0.1, -0.05) is 298 Å². The molecule has 0 bridgehead atoms. The molecule has 2 aliphatic heterocycles. The first-order valence-electron chi connectivity index (χ1n) is 29.1. The van der Waals surface area contributed by atoms with E-state index in [-0.39, 0.29) is 5.41 Å². The Balaban J connectivity index is 1.03. The van der Waals surface area contributed by atoms with Crippen molar-refractivity contribution in [3.8, 4) is 66.8 Å². The molecular formula is C79H56Si2. The van der Waals surface area contributed by atoms with Crippen molar-refractivity contribution in [3.63, 3.8) is 0 Å². The van der Waals surface area contributed by atoms with Gasteiger partial charge < -0.3 is 0 Å². The Kier molecular flexibility index (Phi) is 10.3. The highest BCUT2D eigenvalue weighted by atomic mass is 28.3. The lowest BCUT2D eigenvalue weighted by Gasteiger charge is -2.33. The summed E-state index contributed by atoms with van der Waals surface area (Å²) in [5.74, 6) is 0. The van der Waals surface area contributed by atoms with Crippen LogP contribution in [-0.2, 0) is 5.41 Å². The fraction of sp³-hybridized carbons (Fsp3) is 0.0633. The quantitative estimate of drug-likeness (QED) is 0.110. The topological polar surface area (TPSA) is 0 Å². The molecule has 0 nitrogen and oxygen atoms in total. The van der Waals surface area contributed by atoms with Gasteiger partial charge in [-0.25, -0.2) is 0 Å². The van der Waals surface area contributed by atoms with Crippen molar-refractivity contribution in [1.29, 1.82) is 0 Å². The fourth-order valence-electron chi connectivity index (χ4n) is 16.7. The Labute approximate surface area is 476 Å². The Morgan fingerprint density at radius 1 is 0.247 bits per heavy atom. The minimum absolute atomic E-state index is 0.0442. The van der Waals surface area contributed by atoms with Gasteiger partial charge in [-0.2, -0.15) is 0 Å². The molecule has 81 heavy (non-hydrogen) atoms. The molecule has 0 aromatic heterocycles. The number of fused-ring (bicyclic) bond motifs is 13. The molecule has 380 valence electrons. The van der Waals surface area contributed by atoms with Crippen LogP contribution in [0.4, 0.5) is 0 Å². The maximum absolute atomic E-state index is 2.93. The lowest BCUT2D eigenvalue weighted by molar-refractivity contribution is 0.551. The van der Waals surface area contributed by atoms with Gasteiger partial charge in [-0.15, -0.1) is 0 Å². The van der Waals surface area contributed by atoms with Crippen LogP contribution in [0.15, 0.2) is 291 Å². The first-order chi connectivity index (χ1) is 40.2. The molecule has 13 aromatic carbocycles. The molecule has 2 heteroatoms. The van der Waals surface area contributed by atoms with E-state index < -0.39 is 16.1 Å². The van der Waals surface area contributed by atoms with E-state index in [2.05, 4.69) is 291 Å². The minimum atomic E-state index is -2.93. The highest BCUT2D eigenvalue weighted by Gasteiger charge is 2.52. The van der Waals surface area contributed by atoms with Gasteiger partial charge in [-0.3, -0.25) is 0 Å². The van der Waals surface area contributed by atoms with E-state index in [1.807, 2.05) is 0 Å². The highest BCUT2D eigenvalue weighted by Crippen LogP contribution is 2.60. The third-order valence-electron chi connectivity index (χ3n) is 19.6. The average Bonchev–Trinajstić information content (AvgIpc) is 3.64. The molecule has 1 saturated carbocycles. The summed E-state index contributed by atoms with van der Waals surface area (Å²) < 4.78 is 0. The van der Waals surface area contributed by atoms with E-state index >= 15 is 0 Å². The smallest absolute Gasteiger partial charge is 0.0623 e. The van der Waals surface area contributed by atoms with E-state index in [1.54, 1.807) is 0 Å². The Morgan fingerprint density at radius 3 is 1.04 bits per heavy atom. The van der Waals surface area contributed by atoms with E-state index in [9.17, 15) is 0 Å². The van der Waals surface area contributed by atoms with Crippen LogP contribution in [0.1, 0.15) is 36.8 Å². The lowest BCUT2D eigenvalue weighted by atomic mass is 9.73. The Hall–Kier alpha value is -9.19. The SMILES string of the molecule is c1ccc([Si]2(c3ccccc3)c3ccccc3-c3cccc(-c4cccc5c(-c6cccc7c6C6(CCCC6)c6ccccc6-7)c6cccc(-c7cccc8c7[Si](c7ccccc7)(c7ccccc7)c7ccccc7-8)c6cc45)c32)cc1. The number of rotatable bonds is 7.